The zero-order valence-electron chi connectivity index (χ0n) is 16.8. The quantitative estimate of drug-likeness (QED) is 0.615. The van der Waals surface area contributed by atoms with E-state index >= 15 is 0 Å². The van der Waals surface area contributed by atoms with Crippen molar-refractivity contribution in [1.29, 1.82) is 0 Å². The molecule has 0 aliphatic carbocycles. The number of carbonyl (C=O) groups is 1. The molecule has 0 spiro atoms. The Labute approximate surface area is 171 Å². The van der Waals surface area contributed by atoms with Gasteiger partial charge in [0.25, 0.3) is 0 Å². The first-order valence-corrected chi connectivity index (χ1v) is 9.76. The fraction of sp³-hybridized carbons (Fsp3) is 0.250. The molecule has 0 unspecified atom stereocenters. The minimum atomic E-state index is -0.291. The molecule has 0 radical (unpaired) electrons. The van der Waals surface area contributed by atoms with Gasteiger partial charge >= 0.3 is 5.97 Å². The number of pyridine rings is 1. The van der Waals surface area contributed by atoms with Crippen LogP contribution in [0.15, 0.2) is 67.0 Å². The van der Waals surface area contributed by atoms with E-state index in [9.17, 15) is 4.79 Å². The van der Waals surface area contributed by atoms with Crippen molar-refractivity contribution in [3.8, 4) is 0 Å². The number of carbonyl (C=O) groups excluding carboxylic acids is 1. The van der Waals surface area contributed by atoms with E-state index in [1.807, 2.05) is 61.7 Å². The first-order chi connectivity index (χ1) is 14.1. The van der Waals surface area contributed by atoms with Crippen LogP contribution in [0.5, 0.6) is 0 Å². The zero-order chi connectivity index (χ0) is 20.2. The molecule has 0 atom stereocenters. The Bertz CT molecular complexity index is 987. The molecule has 3 aromatic rings. The van der Waals surface area contributed by atoms with E-state index in [1.54, 1.807) is 6.20 Å². The highest BCUT2D eigenvalue weighted by Gasteiger charge is 2.22. The highest BCUT2D eigenvalue weighted by atomic mass is 16.5. The van der Waals surface area contributed by atoms with Crippen molar-refractivity contribution in [1.82, 2.24) is 9.88 Å². The lowest BCUT2D eigenvalue weighted by Gasteiger charge is -2.36. The number of ether oxygens (including phenoxy) is 1. The summed E-state index contributed by atoms with van der Waals surface area (Å²) in [7, 11) is 2.07. The van der Waals surface area contributed by atoms with Gasteiger partial charge in [-0.15, -0.1) is 0 Å². The van der Waals surface area contributed by atoms with Gasteiger partial charge in [-0.05, 0) is 47.9 Å². The topological polar surface area (TPSA) is 45.7 Å². The van der Waals surface area contributed by atoms with Gasteiger partial charge in [-0.2, -0.15) is 0 Å². The van der Waals surface area contributed by atoms with Crippen LogP contribution in [0.1, 0.15) is 32.6 Å². The molecule has 148 valence electrons. The number of anilines is 1. The van der Waals surface area contributed by atoms with Crippen molar-refractivity contribution >= 4 is 11.7 Å². The van der Waals surface area contributed by atoms with Crippen LogP contribution in [0, 0.1) is 6.92 Å². The predicted molar refractivity (Wildman–Crippen MR) is 113 cm³/mol. The summed E-state index contributed by atoms with van der Waals surface area (Å²) in [4.78, 5) is 21.3. The predicted octanol–water partition coefficient (Wildman–Crippen LogP) is 4.16. The van der Waals surface area contributed by atoms with Crippen LogP contribution in [0.2, 0.25) is 0 Å². The molecule has 0 amide bonds. The van der Waals surface area contributed by atoms with E-state index in [1.165, 1.54) is 11.1 Å². The molecule has 5 nitrogen and oxygen atoms in total. The molecule has 4 rings (SSSR count). The number of hydrogen-bond acceptors (Lipinski definition) is 5. The van der Waals surface area contributed by atoms with Gasteiger partial charge in [-0.1, -0.05) is 35.9 Å². The number of nitrogens with zero attached hydrogens (tertiary/aromatic N) is 3. The third kappa shape index (κ3) is 4.63. The smallest absolute Gasteiger partial charge is 0.338 e. The number of aryl methyl sites for hydroxylation is 1. The van der Waals surface area contributed by atoms with Crippen LogP contribution in [0.25, 0.3) is 0 Å². The van der Waals surface area contributed by atoms with Gasteiger partial charge in [0.05, 0.1) is 12.2 Å². The van der Waals surface area contributed by atoms with Crippen molar-refractivity contribution in [3.63, 3.8) is 0 Å². The van der Waals surface area contributed by atoms with Gasteiger partial charge in [0, 0.05) is 38.2 Å². The standard InChI is InChI=1S/C24H25N3O2/c1-18-5-7-19(8-6-18)16-29-24(28)21-9-10-23-22(12-21)15-27(17-26(23)2)14-20-4-3-11-25-13-20/h3-13H,14-17H2,1-2H3. The summed E-state index contributed by atoms with van der Waals surface area (Å²) in [5.74, 6) is -0.291. The van der Waals surface area contributed by atoms with E-state index in [-0.39, 0.29) is 12.6 Å². The Kier molecular flexibility index (Phi) is 5.58. The van der Waals surface area contributed by atoms with E-state index in [4.69, 9.17) is 4.74 Å². The SMILES string of the molecule is Cc1ccc(COC(=O)c2ccc3c(c2)CN(Cc2cccnc2)CN3C)cc1. The lowest BCUT2D eigenvalue weighted by molar-refractivity contribution is 0.0472. The fourth-order valence-electron chi connectivity index (χ4n) is 3.65. The fourth-order valence-corrected chi connectivity index (χ4v) is 3.65. The molecular formula is C24H25N3O2. The number of benzene rings is 2. The summed E-state index contributed by atoms with van der Waals surface area (Å²) in [5, 5.41) is 0. The van der Waals surface area contributed by atoms with Crippen molar-refractivity contribution < 1.29 is 9.53 Å². The van der Waals surface area contributed by atoms with Crippen LogP contribution in [0.4, 0.5) is 5.69 Å². The first-order valence-electron chi connectivity index (χ1n) is 9.76. The van der Waals surface area contributed by atoms with Crippen molar-refractivity contribution in [2.75, 3.05) is 18.6 Å². The maximum Gasteiger partial charge on any atom is 0.338 e. The minimum Gasteiger partial charge on any atom is -0.457 e. The van der Waals surface area contributed by atoms with E-state index in [2.05, 4.69) is 27.9 Å². The monoisotopic (exact) mass is 387 g/mol. The van der Waals surface area contributed by atoms with Crippen molar-refractivity contribution in [3.05, 3.63) is 94.8 Å². The second kappa shape index (κ2) is 8.45. The molecule has 0 bridgehead atoms. The lowest BCUT2D eigenvalue weighted by Crippen LogP contribution is -2.39. The van der Waals surface area contributed by atoms with Crippen LogP contribution < -0.4 is 4.90 Å². The molecular weight excluding hydrogens is 362 g/mol. The highest BCUT2D eigenvalue weighted by molar-refractivity contribution is 5.90. The number of hydrogen-bond donors (Lipinski definition) is 0. The van der Waals surface area contributed by atoms with Crippen LogP contribution in [-0.2, 0) is 24.4 Å². The number of fused-ring (bicyclic) bond motifs is 1. The first kappa shape index (κ1) is 19.2. The van der Waals surface area contributed by atoms with E-state index in [0.29, 0.717) is 5.56 Å². The maximum absolute atomic E-state index is 12.6. The Morgan fingerprint density at radius 2 is 1.93 bits per heavy atom. The van der Waals surface area contributed by atoms with E-state index in [0.717, 1.165) is 36.6 Å². The molecule has 1 aliphatic rings. The summed E-state index contributed by atoms with van der Waals surface area (Å²) >= 11 is 0. The Hall–Kier alpha value is -3.18. The van der Waals surface area contributed by atoms with Gasteiger partial charge in [0.15, 0.2) is 0 Å². The Morgan fingerprint density at radius 1 is 1.10 bits per heavy atom. The lowest BCUT2D eigenvalue weighted by atomic mass is 10.0. The summed E-state index contributed by atoms with van der Waals surface area (Å²) in [6.45, 7) is 4.76. The van der Waals surface area contributed by atoms with Crippen LogP contribution in [0.3, 0.4) is 0 Å². The average molecular weight is 387 g/mol. The second-order valence-corrected chi connectivity index (χ2v) is 7.59. The van der Waals surface area contributed by atoms with E-state index < -0.39 is 0 Å². The molecule has 2 heterocycles. The summed E-state index contributed by atoms with van der Waals surface area (Å²) < 4.78 is 5.52. The van der Waals surface area contributed by atoms with Crippen LogP contribution >= 0.6 is 0 Å². The van der Waals surface area contributed by atoms with Gasteiger partial charge in [-0.25, -0.2) is 4.79 Å². The molecule has 5 heteroatoms. The molecule has 1 aliphatic heterocycles. The van der Waals surface area contributed by atoms with Gasteiger partial charge in [0.1, 0.15) is 6.61 Å². The summed E-state index contributed by atoms with van der Waals surface area (Å²) in [6, 6.07) is 17.9. The number of esters is 1. The molecule has 0 N–H and O–H groups in total. The number of rotatable bonds is 5. The van der Waals surface area contributed by atoms with Gasteiger partial charge in [-0.3, -0.25) is 9.88 Å². The largest absolute Gasteiger partial charge is 0.457 e. The third-order valence-electron chi connectivity index (χ3n) is 5.15. The molecule has 0 saturated carbocycles. The van der Waals surface area contributed by atoms with Crippen LogP contribution in [-0.4, -0.2) is 29.6 Å². The molecule has 0 saturated heterocycles. The Balaban J connectivity index is 1.45. The third-order valence-corrected chi connectivity index (χ3v) is 5.15. The van der Waals surface area contributed by atoms with Crippen molar-refractivity contribution in [2.45, 2.75) is 26.6 Å². The Morgan fingerprint density at radius 3 is 2.69 bits per heavy atom. The van der Waals surface area contributed by atoms with Crippen molar-refractivity contribution in [2.24, 2.45) is 0 Å². The average Bonchev–Trinajstić information content (AvgIpc) is 2.73. The maximum atomic E-state index is 12.6. The summed E-state index contributed by atoms with van der Waals surface area (Å²) in [5.41, 5.74) is 6.24. The second-order valence-electron chi connectivity index (χ2n) is 7.59. The molecule has 29 heavy (non-hydrogen) atoms. The van der Waals surface area contributed by atoms with Gasteiger partial charge < -0.3 is 9.64 Å². The molecule has 1 aromatic heterocycles. The highest BCUT2D eigenvalue weighted by Crippen LogP contribution is 2.28. The normalized spacial score (nSPS) is 13.8. The molecule has 2 aromatic carbocycles. The van der Waals surface area contributed by atoms with Gasteiger partial charge in [0.2, 0.25) is 0 Å². The zero-order valence-corrected chi connectivity index (χ0v) is 16.8. The minimum absolute atomic E-state index is 0.281. The summed E-state index contributed by atoms with van der Waals surface area (Å²) in [6.07, 6.45) is 3.68. The number of aromatic nitrogens is 1. The molecule has 0 fully saturated rings.